The quantitative estimate of drug-likeness (QED) is 0.818. The Morgan fingerprint density at radius 3 is 2.48 bits per heavy atom. The molecular weight excluding hydrogens is 340 g/mol. The minimum Gasteiger partial charge on any atom is -0.354 e. The van der Waals surface area contributed by atoms with Crippen LogP contribution in [-0.2, 0) is 20.8 Å². The van der Waals surface area contributed by atoms with E-state index < -0.39 is 6.04 Å². The molecule has 2 aliphatic rings. The standard InChI is InChI=1S/C19H23ClN2O3/c1-12(17(23)21-10-9-13-5-4-6-14(20)11-13)22-18(24)15-7-2-3-8-16(15)19(22)25/h4-6,11-12,15-16H,2-3,7-10H2,1H3,(H,21,23). The van der Waals surface area contributed by atoms with Crippen LogP contribution in [0.4, 0.5) is 0 Å². The Morgan fingerprint density at radius 1 is 1.24 bits per heavy atom. The predicted octanol–water partition coefficient (Wildman–Crippen LogP) is 2.56. The molecule has 1 saturated heterocycles. The van der Waals surface area contributed by atoms with Crippen molar-refractivity contribution in [3.63, 3.8) is 0 Å². The van der Waals surface area contributed by atoms with Gasteiger partial charge in [-0.1, -0.05) is 36.6 Å². The maximum atomic E-state index is 12.5. The molecule has 3 atom stereocenters. The van der Waals surface area contributed by atoms with Crippen LogP contribution in [0.3, 0.4) is 0 Å². The van der Waals surface area contributed by atoms with E-state index in [1.165, 1.54) is 4.90 Å². The second kappa shape index (κ2) is 7.56. The maximum absolute atomic E-state index is 12.5. The molecule has 1 saturated carbocycles. The Bertz CT molecular complexity index is 667. The molecule has 1 aromatic carbocycles. The lowest BCUT2D eigenvalue weighted by atomic mass is 9.81. The summed E-state index contributed by atoms with van der Waals surface area (Å²) in [6.07, 6.45) is 4.12. The molecule has 0 radical (unpaired) electrons. The second-order valence-electron chi connectivity index (χ2n) is 6.89. The van der Waals surface area contributed by atoms with Gasteiger partial charge in [0.15, 0.2) is 0 Å². The fourth-order valence-corrected chi connectivity index (χ4v) is 4.07. The Labute approximate surface area is 152 Å². The first-order chi connectivity index (χ1) is 12.0. The Hall–Kier alpha value is -1.88. The third kappa shape index (κ3) is 3.71. The van der Waals surface area contributed by atoms with Crippen LogP contribution in [-0.4, -0.2) is 35.2 Å². The van der Waals surface area contributed by atoms with E-state index in [4.69, 9.17) is 11.6 Å². The van der Waals surface area contributed by atoms with Crippen LogP contribution in [0.5, 0.6) is 0 Å². The highest BCUT2D eigenvalue weighted by molar-refractivity contribution is 6.30. The van der Waals surface area contributed by atoms with Crippen molar-refractivity contribution in [2.45, 2.75) is 45.1 Å². The lowest BCUT2D eigenvalue weighted by Crippen LogP contribution is -2.48. The average molecular weight is 363 g/mol. The molecule has 5 nitrogen and oxygen atoms in total. The number of likely N-dealkylation sites (tertiary alicyclic amines) is 1. The van der Waals surface area contributed by atoms with Crippen molar-refractivity contribution < 1.29 is 14.4 Å². The first-order valence-electron chi connectivity index (χ1n) is 8.88. The van der Waals surface area contributed by atoms with Crippen molar-refractivity contribution >= 4 is 29.3 Å². The van der Waals surface area contributed by atoms with E-state index in [1.807, 2.05) is 18.2 Å². The first-order valence-corrected chi connectivity index (χ1v) is 9.26. The summed E-state index contributed by atoms with van der Waals surface area (Å²) in [5, 5.41) is 3.48. The van der Waals surface area contributed by atoms with E-state index >= 15 is 0 Å². The third-order valence-corrected chi connectivity index (χ3v) is 5.48. The molecule has 0 spiro atoms. The van der Waals surface area contributed by atoms with E-state index in [0.29, 0.717) is 18.0 Å². The number of rotatable bonds is 5. The van der Waals surface area contributed by atoms with Gasteiger partial charge in [0.05, 0.1) is 11.8 Å². The molecule has 3 rings (SSSR count). The van der Waals surface area contributed by atoms with E-state index in [2.05, 4.69) is 5.32 Å². The van der Waals surface area contributed by atoms with Gasteiger partial charge in [0.2, 0.25) is 17.7 Å². The minimum absolute atomic E-state index is 0.174. The summed E-state index contributed by atoms with van der Waals surface area (Å²) >= 11 is 5.95. The summed E-state index contributed by atoms with van der Waals surface area (Å²) in [6, 6.07) is 6.71. The monoisotopic (exact) mass is 362 g/mol. The van der Waals surface area contributed by atoms with Crippen LogP contribution >= 0.6 is 11.6 Å². The number of imide groups is 1. The van der Waals surface area contributed by atoms with Crippen LogP contribution in [0.25, 0.3) is 0 Å². The number of nitrogens with zero attached hydrogens (tertiary/aromatic N) is 1. The SMILES string of the molecule is CC(C(=O)NCCc1cccc(Cl)c1)N1C(=O)C2CCCCC2C1=O. The molecule has 0 aromatic heterocycles. The molecule has 25 heavy (non-hydrogen) atoms. The van der Waals surface area contributed by atoms with Gasteiger partial charge in [-0.25, -0.2) is 0 Å². The van der Waals surface area contributed by atoms with Gasteiger partial charge in [-0.05, 0) is 43.9 Å². The number of benzene rings is 1. The highest BCUT2D eigenvalue weighted by Crippen LogP contribution is 2.38. The van der Waals surface area contributed by atoms with Crippen LogP contribution in [0.15, 0.2) is 24.3 Å². The Balaban J connectivity index is 1.57. The second-order valence-corrected chi connectivity index (χ2v) is 7.33. The summed E-state index contributed by atoms with van der Waals surface area (Å²) in [5.74, 6) is -1.08. The van der Waals surface area contributed by atoms with Crippen molar-refractivity contribution in [1.82, 2.24) is 10.2 Å². The summed E-state index contributed by atoms with van der Waals surface area (Å²) < 4.78 is 0. The number of hydrogen-bond acceptors (Lipinski definition) is 3. The van der Waals surface area contributed by atoms with Gasteiger partial charge >= 0.3 is 0 Å². The van der Waals surface area contributed by atoms with Crippen molar-refractivity contribution in [3.05, 3.63) is 34.9 Å². The van der Waals surface area contributed by atoms with Crippen molar-refractivity contribution in [2.24, 2.45) is 11.8 Å². The van der Waals surface area contributed by atoms with Gasteiger partial charge in [-0.2, -0.15) is 0 Å². The first kappa shape index (κ1) is 17.9. The summed E-state index contributed by atoms with van der Waals surface area (Å²) in [4.78, 5) is 38.7. The molecule has 3 amide bonds. The molecule has 0 bridgehead atoms. The van der Waals surface area contributed by atoms with E-state index in [9.17, 15) is 14.4 Å². The number of amides is 3. The zero-order valence-corrected chi connectivity index (χ0v) is 15.1. The fourth-order valence-electron chi connectivity index (χ4n) is 3.86. The smallest absolute Gasteiger partial charge is 0.243 e. The topological polar surface area (TPSA) is 66.5 Å². The molecule has 2 fully saturated rings. The van der Waals surface area contributed by atoms with Gasteiger partial charge < -0.3 is 5.32 Å². The number of hydrogen-bond donors (Lipinski definition) is 1. The van der Waals surface area contributed by atoms with Gasteiger partial charge in [0.1, 0.15) is 6.04 Å². The van der Waals surface area contributed by atoms with Gasteiger partial charge in [0.25, 0.3) is 0 Å². The minimum atomic E-state index is -0.759. The zero-order valence-electron chi connectivity index (χ0n) is 14.3. The van der Waals surface area contributed by atoms with Crippen LogP contribution < -0.4 is 5.32 Å². The number of carbonyl (C=O) groups excluding carboxylic acids is 3. The number of halogens is 1. The summed E-state index contributed by atoms with van der Waals surface area (Å²) in [7, 11) is 0. The summed E-state index contributed by atoms with van der Waals surface area (Å²) in [5.41, 5.74) is 1.03. The normalized spacial score (nSPS) is 24.2. The lowest BCUT2D eigenvalue weighted by molar-refractivity contribution is -0.147. The molecular formula is C19H23ClN2O3. The number of carbonyl (C=O) groups is 3. The van der Waals surface area contributed by atoms with Gasteiger partial charge in [0, 0.05) is 11.6 Å². The maximum Gasteiger partial charge on any atom is 0.243 e. The fraction of sp³-hybridized carbons (Fsp3) is 0.526. The molecule has 1 heterocycles. The van der Waals surface area contributed by atoms with Crippen molar-refractivity contribution in [3.8, 4) is 0 Å². The van der Waals surface area contributed by atoms with Gasteiger partial charge in [-0.15, -0.1) is 0 Å². The predicted molar refractivity (Wildman–Crippen MR) is 94.9 cm³/mol. The van der Waals surface area contributed by atoms with Gasteiger partial charge in [-0.3, -0.25) is 19.3 Å². The molecule has 3 unspecified atom stereocenters. The molecule has 1 N–H and O–H groups in total. The van der Waals surface area contributed by atoms with E-state index in [1.54, 1.807) is 13.0 Å². The van der Waals surface area contributed by atoms with Crippen LogP contribution in [0.1, 0.15) is 38.2 Å². The number of fused-ring (bicyclic) bond motifs is 1. The average Bonchev–Trinajstić information content (AvgIpc) is 2.86. The van der Waals surface area contributed by atoms with Crippen molar-refractivity contribution in [2.75, 3.05) is 6.54 Å². The highest BCUT2D eigenvalue weighted by atomic mass is 35.5. The molecule has 1 aliphatic heterocycles. The van der Waals surface area contributed by atoms with E-state index in [0.717, 1.165) is 31.2 Å². The Kier molecular flexibility index (Phi) is 5.42. The van der Waals surface area contributed by atoms with Crippen molar-refractivity contribution in [1.29, 1.82) is 0 Å². The molecule has 1 aromatic rings. The van der Waals surface area contributed by atoms with E-state index in [-0.39, 0.29) is 29.6 Å². The lowest BCUT2D eigenvalue weighted by Gasteiger charge is -2.22. The van der Waals surface area contributed by atoms with Crippen LogP contribution in [0.2, 0.25) is 5.02 Å². The molecule has 6 heteroatoms. The largest absolute Gasteiger partial charge is 0.354 e. The van der Waals surface area contributed by atoms with Crippen LogP contribution in [0, 0.1) is 11.8 Å². The Morgan fingerprint density at radius 2 is 1.88 bits per heavy atom. The summed E-state index contributed by atoms with van der Waals surface area (Å²) in [6.45, 7) is 2.06. The highest BCUT2D eigenvalue weighted by Gasteiger charge is 2.50. The third-order valence-electron chi connectivity index (χ3n) is 5.24. The molecule has 134 valence electrons. The zero-order chi connectivity index (χ0) is 18.0. The number of nitrogens with one attached hydrogen (secondary N) is 1. The molecule has 1 aliphatic carbocycles.